The second-order valence-corrected chi connectivity index (χ2v) is 4.25. The highest BCUT2D eigenvalue weighted by Gasteiger charge is 2.11. The lowest BCUT2D eigenvalue weighted by Crippen LogP contribution is -2.28. The van der Waals surface area contributed by atoms with E-state index in [1.807, 2.05) is 29.3 Å². The van der Waals surface area contributed by atoms with Crippen LogP contribution in [-0.4, -0.2) is 14.8 Å². The van der Waals surface area contributed by atoms with Crippen molar-refractivity contribution in [2.45, 2.75) is 32.4 Å². The Morgan fingerprint density at radius 1 is 1.44 bits per heavy atom. The first-order chi connectivity index (χ1) is 8.83. The molecule has 18 heavy (non-hydrogen) atoms. The van der Waals surface area contributed by atoms with Crippen molar-refractivity contribution >= 4 is 0 Å². The van der Waals surface area contributed by atoms with Crippen LogP contribution in [0.4, 0.5) is 0 Å². The summed E-state index contributed by atoms with van der Waals surface area (Å²) in [5.41, 5.74) is 5.20. The van der Waals surface area contributed by atoms with Gasteiger partial charge in [0.15, 0.2) is 0 Å². The van der Waals surface area contributed by atoms with Gasteiger partial charge in [0, 0.05) is 36.7 Å². The molecule has 0 amide bonds. The normalized spacial score (nSPS) is 12.6. The largest absolute Gasteiger partial charge is 0.273 e. The molecule has 0 aliphatic heterocycles. The second-order valence-electron chi connectivity index (χ2n) is 4.25. The van der Waals surface area contributed by atoms with E-state index in [1.165, 1.54) is 5.56 Å². The Balaban J connectivity index is 1.97. The Kier molecular flexibility index (Phi) is 4.44. The molecule has 0 saturated heterocycles. The molecule has 0 aliphatic carbocycles. The van der Waals surface area contributed by atoms with Gasteiger partial charge in [-0.2, -0.15) is 5.10 Å². The molecule has 0 aliphatic rings. The molecule has 0 aromatic carbocycles. The van der Waals surface area contributed by atoms with Crippen molar-refractivity contribution in [2.75, 3.05) is 0 Å². The number of hydrazine groups is 1. The van der Waals surface area contributed by atoms with Gasteiger partial charge >= 0.3 is 0 Å². The zero-order valence-electron chi connectivity index (χ0n) is 10.6. The molecule has 2 rings (SSSR count). The average molecular weight is 245 g/mol. The summed E-state index contributed by atoms with van der Waals surface area (Å²) in [7, 11) is 0. The molecule has 2 aromatic rings. The quantitative estimate of drug-likeness (QED) is 0.597. The molecule has 2 heterocycles. The highest BCUT2D eigenvalue weighted by Crippen LogP contribution is 2.17. The molecular formula is C13H19N5. The Bertz CT molecular complexity index is 465. The maximum atomic E-state index is 5.62. The first-order valence-corrected chi connectivity index (χ1v) is 6.21. The van der Waals surface area contributed by atoms with Crippen molar-refractivity contribution in [2.24, 2.45) is 5.84 Å². The zero-order chi connectivity index (χ0) is 12.8. The molecule has 0 radical (unpaired) electrons. The van der Waals surface area contributed by atoms with Gasteiger partial charge in [-0.15, -0.1) is 0 Å². The fourth-order valence-electron chi connectivity index (χ4n) is 1.94. The summed E-state index contributed by atoms with van der Waals surface area (Å²) in [4.78, 5) is 4.11. The number of hydrogen-bond acceptors (Lipinski definition) is 4. The molecule has 0 spiro atoms. The minimum atomic E-state index is 0.130. The first-order valence-electron chi connectivity index (χ1n) is 6.21. The maximum absolute atomic E-state index is 5.62. The topological polar surface area (TPSA) is 68.8 Å². The van der Waals surface area contributed by atoms with Gasteiger partial charge in [0.1, 0.15) is 0 Å². The number of nitrogens with two attached hydrogens (primary N) is 1. The lowest BCUT2D eigenvalue weighted by Gasteiger charge is -2.13. The molecular weight excluding hydrogens is 226 g/mol. The van der Waals surface area contributed by atoms with Crippen molar-refractivity contribution < 1.29 is 0 Å². The number of nitrogens with zero attached hydrogens (tertiary/aromatic N) is 3. The van der Waals surface area contributed by atoms with E-state index in [0.717, 1.165) is 24.9 Å². The molecule has 1 unspecified atom stereocenters. The van der Waals surface area contributed by atoms with Gasteiger partial charge in [0.05, 0.1) is 6.20 Å². The molecule has 1 atom stereocenters. The molecule has 2 aromatic heterocycles. The minimum absolute atomic E-state index is 0.130. The first kappa shape index (κ1) is 12.7. The van der Waals surface area contributed by atoms with Crippen molar-refractivity contribution in [3.05, 3.63) is 48.0 Å². The molecule has 3 N–H and O–H groups in total. The Morgan fingerprint density at radius 2 is 2.33 bits per heavy atom. The number of aromatic nitrogens is 3. The fraction of sp³-hybridized carbons (Fsp3) is 0.385. The monoisotopic (exact) mass is 245 g/mol. The molecule has 0 saturated carbocycles. The Labute approximate surface area is 107 Å². The van der Waals surface area contributed by atoms with Crippen LogP contribution in [0.2, 0.25) is 0 Å². The van der Waals surface area contributed by atoms with Gasteiger partial charge in [-0.25, -0.2) is 0 Å². The van der Waals surface area contributed by atoms with Gasteiger partial charge in [-0.05, 0) is 31.4 Å². The van der Waals surface area contributed by atoms with Crippen molar-refractivity contribution in [3.63, 3.8) is 0 Å². The summed E-state index contributed by atoms with van der Waals surface area (Å²) in [6.07, 6.45) is 9.46. The molecule has 5 heteroatoms. The smallest absolute Gasteiger partial charge is 0.0538 e. The number of hydrogen-bond donors (Lipinski definition) is 2. The van der Waals surface area contributed by atoms with Gasteiger partial charge < -0.3 is 0 Å². The summed E-state index contributed by atoms with van der Waals surface area (Å²) in [5.74, 6) is 5.62. The highest BCUT2D eigenvalue weighted by atomic mass is 15.3. The third-order valence-electron chi connectivity index (χ3n) is 3.03. The molecule has 0 bridgehead atoms. The summed E-state index contributed by atoms with van der Waals surface area (Å²) in [6, 6.07) is 4.16. The number of rotatable bonds is 6. The maximum Gasteiger partial charge on any atom is 0.0538 e. The van der Waals surface area contributed by atoms with E-state index in [0.29, 0.717) is 0 Å². The summed E-state index contributed by atoms with van der Waals surface area (Å²) < 4.78 is 1.91. The van der Waals surface area contributed by atoms with Gasteiger partial charge in [0.2, 0.25) is 0 Å². The summed E-state index contributed by atoms with van der Waals surface area (Å²) >= 11 is 0. The van der Waals surface area contributed by atoms with E-state index < -0.39 is 0 Å². The van der Waals surface area contributed by atoms with Crippen LogP contribution in [0.25, 0.3) is 0 Å². The van der Waals surface area contributed by atoms with Crippen molar-refractivity contribution in [1.29, 1.82) is 0 Å². The van der Waals surface area contributed by atoms with E-state index in [2.05, 4.69) is 28.5 Å². The Morgan fingerprint density at radius 3 is 2.94 bits per heavy atom. The third kappa shape index (κ3) is 3.15. The number of nitrogens with one attached hydrogen (secondary N) is 1. The van der Waals surface area contributed by atoms with E-state index in [-0.39, 0.29) is 6.04 Å². The van der Waals surface area contributed by atoms with Crippen LogP contribution >= 0.6 is 0 Å². The van der Waals surface area contributed by atoms with Crippen LogP contribution in [0.15, 0.2) is 36.9 Å². The van der Waals surface area contributed by atoms with Crippen LogP contribution in [-0.2, 0) is 13.0 Å². The van der Waals surface area contributed by atoms with Crippen LogP contribution < -0.4 is 11.3 Å². The fourth-order valence-corrected chi connectivity index (χ4v) is 1.94. The van der Waals surface area contributed by atoms with Crippen LogP contribution in [0.1, 0.15) is 30.5 Å². The van der Waals surface area contributed by atoms with Crippen molar-refractivity contribution in [3.8, 4) is 0 Å². The standard InChI is InChI=1S/C13H19N5/c1-2-18-10-12(9-16-18)13(17-14)6-5-11-4-3-7-15-8-11/h3-4,7-10,13,17H,2,5-6,14H2,1H3. The van der Waals surface area contributed by atoms with Crippen LogP contribution in [0.3, 0.4) is 0 Å². The second kappa shape index (κ2) is 6.28. The predicted molar refractivity (Wildman–Crippen MR) is 70.5 cm³/mol. The molecule has 0 fully saturated rings. The van der Waals surface area contributed by atoms with E-state index in [1.54, 1.807) is 6.20 Å². The Hall–Kier alpha value is -1.72. The van der Waals surface area contributed by atoms with Gasteiger partial charge in [-0.3, -0.25) is 20.9 Å². The SMILES string of the molecule is CCn1cc(C(CCc2cccnc2)NN)cn1. The van der Waals surface area contributed by atoms with Gasteiger partial charge in [-0.1, -0.05) is 6.07 Å². The highest BCUT2D eigenvalue weighted by molar-refractivity contribution is 5.13. The molecule has 96 valence electrons. The minimum Gasteiger partial charge on any atom is -0.273 e. The lowest BCUT2D eigenvalue weighted by molar-refractivity contribution is 0.515. The van der Waals surface area contributed by atoms with Crippen molar-refractivity contribution in [1.82, 2.24) is 20.2 Å². The van der Waals surface area contributed by atoms with Gasteiger partial charge in [0.25, 0.3) is 0 Å². The lowest BCUT2D eigenvalue weighted by atomic mass is 10.0. The third-order valence-corrected chi connectivity index (χ3v) is 3.03. The number of pyridine rings is 1. The average Bonchev–Trinajstić information content (AvgIpc) is 2.89. The summed E-state index contributed by atoms with van der Waals surface area (Å²) in [6.45, 7) is 2.94. The zero-order valence-corrected chi connectivity index (χ0v) is 10.6. The molecule has 5 nitrogen and oxygen atoms in total. The van der Waals surface area contributed by atoms with Crippen LogP contribution in [0, 0.1) is 0 Å². The summed E-state index contributed by atoms with van der Waals surface area (Å²) in [5, 5.41) is 4.27. The predicted octanol–water partition coefficient (Wildman–Crippen LogP) is 1.44. The van der Waals surface area contributed by atoms with E-state index in [4.69, 9.17) is 5.84 Å². The van der Waals surface area contributed by atoms with E-state index >= 15 is 0 Å². The van der Waals surface area contributed by atoms with E-state index in [9.17, 15) is 0 Å². The van der Waals surface area contributed by atoms with Crippen LogP contribution in [0.5, 0.6) is 0 Å². The number of aryl methyl sites for hydroxylation is 2.